The highest BCUT2D eigenvalue weighted by Crippen LogP contribution is 2.48. The maximum Gasteiger partial charge on any atom is 0.230 e. The SMILES string of the molecule is CCCC(CCCC(=O)C1CC1c1ccccc1)(C(=O)NCc1ccccc1)c1ccccc1. The van der Waals surface area contributed by atoms with Crippen molar-refractivity contribution in [2.75, 3.05) is 0 Å². The van der Waals surface area contributed by atoms with Crippen LogP contribution in [0.3, 0.4) is 0 Å². The van der Waals surface area contributed by atoms with Gasteiger partial charge in [-0.05, 0) is 48.3 Å². The van der Waals surface area contributed by atoms with Gasteiger partial charge >= 0.3 is 0 Å². The average molecular weight is 454 g/mol. The number of nitrogens with one attached hydrogen (secondary N) is 1. The average Bonchev–Trinajstić information content (AvgIpc) is 3.70. The van der Waals surface area contributed by atoms with Gasteiger partial charge in [0.05, 0.1) is 5.41 Å². The maximum atomic E-state index is 13.7. The molecule has 0 aromatic heterocycles. The quantitative estimate of drug-likeness (QED) is 0.336. The molecule has 176 valence electrons. The van der Waals surface area contributed by atoms with E-state index in [1.165, 1.54) is 5.56 Å². The number of ketones is 1. The van der Waals surface area contributed by atoms with E-state index in [-0.39, 0.29) is 11.8 Å². The van der Waals surface area contributed by atoms with Gasteiger partial charge in [-0.1, -0.05) is 104 Å². The van der Waals surface area contributed by atoms with E-state index in [4.69, 9.17) is 0 Å². The number of carbonyl (C=O) groups is 2. The first-order valence-corrected chi connectivity index (χ1v) is 12.6. The van der Waals surface area contributed by atoms with E-state index >= 15 is 0 Å². The molecular formula is C31H35NO2. The summed E-state index contributed by atoms with van der Waals surface area (Å²) in [5.74, 6) is 0.923. The summed E-state index contributed by atoms with van der Waals surface area (Å²) in [7, 11) is 0. The van der Waals surface area contributed by atoms with Crippen LogP contribution in [-0.4, -0.2) is 11.7 Å². The number of hydrogen-bond donors (Lipinski definition) is 1. The highest BCUT2D eigenvalue weighted by molar-refractivity contribution is 5.88. The molecule has 0 radical (unpaired) electrons. The Bertz CT molecular complexity index is 1060. The van der Waals surface area contributed by atoms with Crippen molar-refractivity contribution in [3.05, 3.63) is 108 Å². The first kappa shape index (κ1) is 23.9. The molecule has 3 aromatic carbocycles. The van der Waals surface area contributed by atoms with Crippen molar-refractivity contribution in [2.24, 2.45) is 5.92 Å². The van der Waals surface area contributed by atoms with E-state index < -0.39 is 5.41 Å². The number of rotatable bonds is 12. The van der Waals surface area contributed by atoms with E-state index in [1.807, 2.05) is 66.7 Å². The van der Waals surface area contributed by atoms with Crippen molar-refractivity contribution in [1.82, 2.24) is 5.32 Å². The molecule has 0 bridgehead atoms. The van der Waals surface area contributed by atoms with Crippen LogP contribution in [0.2, 0.25) is 0 Å². The van der Waals surface area contributed by atoms with Crippen LogP contribution in [0, 0.1) is 5.92 Å². The van der Waals surface area contributed by atoms with Gasteiger partial charge in [-0.25, -0.2) is 0 Å². The molecular weight excluding hydrogens is 418 g/mol. The monoisotopic (exact) mass is 453 g/mol. The molecule has 1 amide bonds. The summed E-state index contributed by atoms with van der Waals surface area (Å²) in [5.41, 5.74) is 2.78. The zero-order valence-corrected chi connectivity index (χ0v) is 20.1. The Morgan fingerprint density at radius 3 is 2.12 bits per heavy atom. The number of Topliss-reactive ketones (excluding diaryl/α,β-unsaturated/α-hetero) is 1. The van der Waals surface area contributed by atoms with Crippen LogP contribution in [-0.2, 0) is 21.5 Å². The molecule has 0 spiro atoms. The molecule has 1 N–H and O–H groups in total. The Hall–Kier alpha value is -3.20. The van der Waals surface area contributed by atoms with Gasteiger partial charge in [0.2, 0.25) is 5.91 Å². The zero-order chi connectivity index (χ0) is 23.8. The van der Waals surface area contributed by atoms with Gasteiger partial charge in [-0.15, -0.1) is 0 Å². The Balaban J connectivity index is 1.43. The second kappa shape index (κ2) is 11.3. The fraction of sp³-hybridized carbons (Fsp3) is 0.355. The van der Waals surface area contributed by atoms with Crippen molar-refractivity contribution in [2.45, 2.75) is 63.3 Å². The lowest BCUT2D eigenvalue weighted by molar-refractivity contribution is -0.128. The molecule has 4 rings (SSSR count). The molecule has 34 heavy (non-hydrogen) atoms. The first-order chi connectivity index (χ1) is 16.6. The van der Waals surface area contributed by atoms with E-state index in [2.05, 4.69) is 36.5 Å². The lowest BCUT2D eigenvalue weighted by Gasteiger charge is -2.33. The lowest BCUT2D eigenvalue weighted by atomic mass is 9.72. The molecule has 3 heteroatoms. The number of hydrogen-bond acceptors (Lipinski definition) is 2. The maximum absolute atomic E-state index is 13.7. The molecule has 0 heterocycles. The summed E-state index contributed by atoms with van der Waals surface area (Å²) in [5, 5.41) is 3.20. The topological polar surface area (TPSA) is 46.2 Å². The van der Waals surface area contributed by atoms with E-state index in [1.54, 1.807) is 0 Å². The lowest BCUT2D eigenvalue weighted by Crippen LogP contribution is -2.44. The van der Waals surface area contributed by atoms with Gasteiger partial charge in [0.25, 0.3) is 0 Å². The third-order valence-corrected chi connectivity index (χ3v) is 7.19. The van der Waals surface area contributed by atoms with Gasteiger partial charge in [-0.3, -0.25) is 9.59 Å². The molecule has 3 nitrogen and oxygen atoms in total. The Morgan fingerprint density at radius 1 is 0.853 bits per heavy atom. The van der Waals surface area contributed by atoms with Crippen LogP contribution in [0.4, 0.5) is 0 Å². The number of amides is 1. The molecule has 1 aliphatic carbocycles. The zero-order valence-electron chi connectivity index (χ0n) is 20.1. The highest BCUT2D eigenvalue weighted by Gasteiger charge is 2.44. The third kappa shape index (κ3) is 5.64. The molecule has 1 saturated carbocycles. The van der Waals surface area contributed by atoms with Crippen molar-refractivity contribution >= 4 is 11.7 Å². The molecule has 1 fully saturated rings. The Kier molecular flexibility index (Phi) is 7.95. The normalized spacial score (nSPS) is 18.6. The number of carbonyl (C=O) groups excluding carboxylic acids is 2. The number of benzene rings is 3. The summed E-state index contributed by atoms with van der Waals surface area (Å²) in [6.45, 7) is 2.64. The van der Waals surface area contributed by atoms with Gasteiger partial charge < -0.3 is 5.32 Å². The Labute approximate surface area is 203 Å². The minimum Gasteiger partial charge on any atom is -0.351 e. The van der Waals surface area contributed by atoms with Crippen LogP contribution in [0.15, 0.2) is 91.0 Å². The Morgan fingerprint density at radius 2 is 1.47 bits per heavy atom. The molecule has 0 saturated heterocycles. The molecule has 1 aliphatic rings. The van der Waals surface area contributed by atoms with Crippen LogP contribution in [0.1, 0.15) is 68.1 Å². The minimum atomic E-state index is -0.618. The van der Waals surface area contributed by atoms with Crippen molar-refractivity contribution in [1.29, 1.82) is 0 Å². The fourth-order valence-corrected chi connectivity index (χ4v) is 5.27. The van der Waals surface area contributed by atoms with Crippen LogP contribution in [0.5, 0.6) is 0 Å². The van der Waals surface area contributed by atoms with E-state index in [0.29, 0.717) is 31.1 Å². The smallest absolute Gasteiger partial charge is 0.230 e. The molecule has 3 unspecified atom stereocenters. The van der Waals surface area contributed by atoms with Gasteiger partial charge in [0.15, 0.2) is 0 Å². The van der Waals surface area contributed by atoms with Crippen molar-refractivity contribution in [3.8, 4) is 0 Å². The molecule has 3 aromatic rings. The van der Waals surface area contributed by atoms with Crippen molar-refractivity contribution < 1.29 is 9.59 Å². The minimum absolute atomic E-state index is 0.0606. The summed E-state index contributed by atoms with van der Waals surface area (Å²) >= 11 is 0. The standard InChI is InChI=1S/C31H35NO2/c1-2-20-31(26-17-10-5-11-18-26,30(34)32-23-24-13-6-3-7-14-24)21-12-19-29(33)28-22-27(28)25-15-8-4-9-16-25/h3-11,13-18,27-28H,2,12,19-23H2,1H3,(H,32,34). The summed E-state index contributed by atoms with van der Waals surface area (Å²) < 4.78 is 0. The first-order valence-electron chi connectivity index (χ1n) is 12.6. The summed E-state index contributed by atoms with van der Waals surface area (Å²) in [4.78, 5) is 26.6. The highest BCUT2D eigenvalue weighted by atomic mass is 16.2. The molecule has 0 aliphatic heterocycles. The van der Waals surface area contributed by atoms with Crippen LogP contribution in [0.25, 0.3) is 0 Å². The summed E-state index contributed by atoms with van der Waals surface area (Å²) in [6, 6.07) is 30.5. The second-order valence-corrected chi connectivity index (χ2v) is 9.55. The molecule has 3 atom stereocenters. The van der Waals surface area contributed by atoms with Gasteiger partial charge in [-0.2, -0.15) is 0 Å². The predicted octanol–water partition coefficient (Wildman–Crippen LogP) is 6.58. The van der Waals surface area contributed by atoms with Crippen LogP contribution < -0.4 is 5.32 Å². The second-order valence-electron chi connectivity index (χ2n) is 9.55. The third-order valence-electron chi connectivity index (χ3n) is 7.19. The van der Waals surface area contributed by atoms with E-state index in [0.717, 1.165) is 36.8 Å². The largest absolute Gasteiger partial charge is 0.351 e. The fourth-order valence-electron chi connectivity index (χ4n) is 5.27. The van der Waals surface area contributed by atoms with Crippen molar-refractivity contribution in [3.63, 3.8) is 0 Å². The predicted molar refractivity (Wildman–Crippen MR) is 137 cm³/mol. The van der Waals surface area contributed by atoms with E-state index in [9.17, 15) is 9.59 Å². The summed E-state index contributed by atoms with van der Waals surface area (Å²) in [6.07, 6.45) is 4.57. The van der Waals surface area contributed by atoms with Gasteiger partial charge in [0, 0.05) is 18.9 Å². The van der Waals surface area contributed by atoms with Gasteiger partial charge in [0.1, 0.15) is 5.78 Å². The van der Waals surface area contributed by atoms with Crippen LogP contribution >= 0.6 is 0 Å².